The Kier molecular flexibility index (Phi) is 4.84. The summed E-state index contributed by atoms with van der Waals surface area (Å²) < 4.78 is 0. The Morgan fingerprint density at radius 1 is 1.40 bits per heavy atom. The van der Waals surface area contributed by atoms with E-state index in [1.165, 1.54) is 18.2 Å². The molecule has 1 aromatic carbocycles. The van der Waals surface area contributed by atoms with Crippen molar-refractivity contribution in [3.8, 4) is 0 Å². The number of rotatable bonds is 5. The molecule has 3 heteroatoms. The quantitative estimate of drug-likeness (QED) is 0.750. The minimum absolute atomic E-state index is 0.0638. The van der Waals surface area contributed by atoms with Gasteiger partial charge in [-0.3, -0.25) is 9.63 Å². The van der Waals surface area contributed by atoms with E-state index in [1.807, 2.05) is 12.1 Å². The Labute approximate surface area is 90.4 Å². The highest BCUT2D eigenvalue weighted by Gasteiger charge is 2.01. The van der Waals surface area contributed by atoms with E-state index in [9.17, 15) is 4.79 Å². The number of amides is 1. The summed E-state index contributed by atoms with van der Waals surface area (Å²) in [6.45, 7) is 2.09. The van der Waals surface area contributed by atoms with Gasteiger partial charge in [-0.1, -0.05) is 24.3 Å². The maximum Gasteiger partial charge on any atom is 0.243 e. The molecule has 3 nitrogen and oxygen atoms in total. The van der Waals surface area contributed by atoms with E-state index >= 15 is 0 Å². The monoisotopic (exact) mass is 207 g/mol. The lowest BCUT2D eigenvalue weighted by Gasteiger charge is -2.05. The molecule has 0 atom stereocenters. The van der Waals surface area contributed by atoms with Crippen LogP contribution < -0.4 is 5.48 Å². The Hall–Kier alpha value is -1.35. The summed E-state index contributed by atoms with van der Waals surface area (Å²) in [4.78, 5) is 15.6. The van der Waals surface area contributed by atoms with Crippen LogP contribution in [0.5, 0.6) is 0 Å². The molecule has 1 N–H and O–H groups in total. The van der Waals surface area contributed by atoms with E-state index in [4.69, 9.17) is 0 Å². The fraction of sp³-hybridized carbons (Fsp3) is 0.417. The lowest BCUT2D eigenvalue weighted by Crippen LogP contribution is -2.21. The van der Waals surface area contributed by atoms with Gasteiger partial charge in [0.25, 0.3) is 0 Å². The lowest BCUT2D eigenvalue weighted by molar-refractivity contribution is -0.131. The van der Waals surface area contributed by atoms with Crippen LogP contribution in [0, 0.1) is 6.92 Å². The molecule has 0 radical (unpaired) electrons. The minimum atomic E-state index is -0.0638. The van der Waals surface area contributed by atoms with Crippen molar-refractivity contribution in [2.75, 3.05) is 7.11 Å². The van der Waals surface area contributed by atoms with Crippen molar-refractivity contribution in [3.63, 3.8) is 0 Å². The maximum atomic E-state index is 11.1. The predicted octanol–water partition coefficient (Wildman–Crippen LogP) is 2.00. The van der Waals surface area contributed by atoms with Crippen molar-refractivity contribution in [2.24, 2.45) is 0 Å². The van der Waals surface area contributed by atoms with Crippen LogP contribution in [0.3, 0.4) is 0 Å². The fourth-order valence-corrected chi connectivity index (χ4v) is 1.49. The van der Waals surface area contributed by atoms with E-state index in [2.05, 4.69) is 29.4 Å². The summed E-state index contributed by atoms with van der Waals surface area (Å²) in [5, 5.41) is 0. The van der Waals surface area contributed by atoms with Crippen LogP contribution in [0.1, 0.15) is 24.0 Å². The lowest BCUT2D eigenvalue weighted by atomic mass is 10.0. The zero-order valence-corrected chi connectivity index (χ0v) is 9.25. The fourth-order valence-electron chi connectivity index (χ4n) is 1.49. The largest absolute Gasteiger partial charge is 0.277 e. The van der Waals surface area contributed by atoms with Crippen molar-refractivity contribution in [3.05, 3.63) is 35.4 Å². The average Bonchev–Trinajstić information content (AvgIpc) is 2.21. The first-order valence-electron chi connectivity index (χ1n) is 5.10. The number of nitrogens with one attached hydrogen (secondary N) is 1. The molecule has 0 bridgehead atoms. The highest BCUT2D eigenvalue weighted by Crippen LogP contribution is 2.10. The Morgan fingerprint density at radius 3 is 2.80 bits per heavy atom. The van der Waals surface area contributed by atoms with Gasteiger partial charge in [0.05, 0.1) is 7.11 Å². The number of carbonyl (C=O) groups excluding carboxylic acids is 1. The molecule has 0 aliphatic heterocycles. The van der Waals surface area contributed by atoms with Gasteiger partial charge in [0.2, 0.25) is 5.91 Å². The molecule has 0 fully saturated rings. The van der Waals surface area contributed by atoms with Crippen LogP contribution in [0.4, 0.5) is 0 Å². The first kappa shape index (κ1) is 11.7. The van der Waals surface area contributed by atoms with Gasteiger partial charge in [0.15, 0.2) is 0 Å². The second kappa shape index (κ2) is 6.19. The molecule has 0 aliphatic rings. The Balaban J connectivity index is 2.32. The summed E-state index contributed by atoms with van der Waals surface area (Å²) in [6.07, 6.45) is 2.28. The molecule has 82 valence electrons. The molecule has 0 aliphatic carbocycles. The third-order valence-electron chi connectivity index (χ3n) is 2.33. The average molecular weight is 207 g/mol. The van der Waals surface area contributed by atoms with Gasteiger partial charge in [-0.05, 0) is 30.9 Å². The number of benzene rings is 1. The Morgan fingerprint density at radius 2 is 2.13 bits per heavy atom. The van der Waals surface area contributed by atoms with Gasteiger partial charge in [-0.25, -0.2) is 5.48 Å². The van der Waals surface area contributed by atoms with E-state index < -0.39 is 0 Å². The number of hydrogen-bond donors (Lipinski definition) is 1. The molecule has 0 saturated heterocycles. The van der Waals surface area contributed by atoms with Crippen LogP contribution >= 0.6 is 0 Å². The van der Waals surface area contributed by atoms with Gasteiger partial charge in [-0.15, -0.1) is 0 Å². The van der Waals surface area contributed by atoms with E-state index in [0.717, 1.165) is 12.8 Å². The molecule has 1 amide bonds. The van der Waals surface area contributed by atoms with E-state index in [1.54, 1.807) is 0 Å². The Bertz CT molecular complexity index is 323. The molecule has 15 heavy (non-hydrogen) atoms. The van der Waals surface area contributed by atoms with Gasteiger partial charge >= 0.3 is 0 Å². The molecule has 0 saturated carbocycles. The first-order chi connectivity index (χ1) is 7.24. The zero-order chi connectivity index (χ0) is 11.1. The van der Waals surface area contributed by atoms with Crippen molar-refractivity contribution in [1.82, 2.24) is 5.48 Å². The minimum Gasteiger partial charge on any atom is -0.277 e. The molecule has 1 rings (SSSR count). The molecular formula is C12H17NO2. The SMILES string of the molecule is CONC(=O)CCCc1ccccc1C. The van der Waals surface area contributed by atoms with Crippen LogP contribution in [0.15, 0.2) is 24.3 Å². The van der Waals surface area contributed by atoms with E-state index in [-0.39, 0.29) is 5.91 Å². The normalized spacial score (nSPS) is 10.0. The van der Waals surface area contributed by atoms with Crippen molar-refractivity contribution in [2.45, 2.75) is 26.2 Å². The topological polar surface area (TPSA) is 38.3 Å². The maximum absolute atomic E-state index is 11.1. The molecule has 0 aromatic heterocycles. The summed E-state index contributed by atoms with van der Waals surface area (Å²) in [6, 6.07) is 8.24. The predicted molar refractivity (Wildman–Crippen MR) is 59.3 cm³/mol. The second-order valence-corrected chi connectivity index (χ2v) is 3.51. The smallest absolute Gasteiger partial charge is 0.243 e. The summed E-state index contributed by atoms with van der Waals surface area (Å²) in [5.74, 6) is -0.0638. The highest BCUT2D eigenvalue weighted by molar-refractivity contribution is 5.74. The van der Waals surface area contributed by atoms with Crippen LogP contribution in [-0.2, 0) is 16.1 Å². The van der Waals surface area contributed by atoms with Crippen LogP contribution in [0.2, 0.25) is 0 Å². The molecule has 1 aromatic rings. The molecule has 0 heterocycles. The number of aryl methyl sites for hydroxylation is 2. The van der Waals surface area contributed by atoms with E-state index in [0.29, 0.717) is 6.42 Å². The van der Waals surface area contributed by atoms with Gasteiger partial charge in [-0.2, -0.15) is 0 Å². The summed E-state index contributed by atoms with van der Waals surface area (Å²) in [5.41, 5.74) is 4.90. The van der Waals surface area contributed by atoms with Gasteiger partial charge in [0, 0.05) is 6.42 Å². The number of hydrogen-bond acceptors (Lipinski definition) is 2. The summed E-state index contributed by atoms with van der Waals surface area (Å²) >= 11 is 0. The molecule has 0 spiro atoms. The summed E-state index contributed by atoms with van der Waals surface area (Å²) in [7, 11) is 1.44. The number of carbonyl (C=O) groups is 1. The van der Waals surface area contributed by atoms with Gasteiger partial charge < -0.3 is 0 Å². The van der Waals surface area contributed by atoms with Gasteiger partial charge in [0.1, 0.15) is 0 Å². The third kappa shape index (κ3) is 4.13. The van der Waals surface area contributed by atoms with Crippen molar-refractivity contribution in [1.29, 1.82) is 0 Å². The molecular weight excluding hydrogens is 190 g/mol. The third-order valence-corrected chi connectivity index (χ3v) is 2.33. The molecule has 0 unspecified atom stereocenters. The standard InChI is InChI=1S/C12H17NO2/c1-10-6-3-4-7-11(10)8-5-9-12(14)13-15-2/h3-4,6-7H,5,8-9H2,1-2H3,(H,13,14). The van der Waals surface area contributed by atoms with Crippen LogP contribution in [0.25, 0.3) is 0 Å². The first-order valence-corrected chi connectivity index (χ1v) is 5.10. The van der Waals surface area contributed by atoms with Crippen LogP contribution in [-0.4, -0.2) is 13.0 Å². The highest BCUT2D eigenvalue weighted by atomic mass is 16.6. The van der Waals surface area contributed by atoms with Crippen molar-refractivity contribution < 1.29 is 9.63 Å². The number of hydroxylamine groups is 1. The second-order valence-electron chi connectivity index (χ2n) is 3.51. The zero-order valence-electron chi connectivity index (χ0n) is 9.25. The van der Waals surface area contributed by atoms with Crippen molar-refractivity contribution >= 4 is 5.91 Å².